The zero-order valence-corrected chi connectivity index (χ0v) is 9.88. The standard InChI is InChI=1S/C11H15ClN4/c1-7-2-5-9(12)10(6-7)15-11(16-13)14-8-3-4-8/h2,5-6,8H,3-4,13H2,1H3,(H2,14,15,16). The van der Waals surface area contributed by atoms with Crippen LogP contribution in [0.25, 0.3) is 0 Å². The van der Waals surface area contributed by atoms with Gasteiger partial charge < -0.3 is 5.32 Å². The van der Waals surface area contributed by atoms with Gasteiger partial charge in [0.25, 0.3) is 0 Å². The van der Waals surface area contributed by atoms with Gasteiger partial charge in [-0.05, 0) is 37.5 Å². The number of nitrogens with zero attached hydrogens (tertiary/aromatic N) is 1. The van der Waals surface area contributed by atoms with Crippen LogP contribution in [0.2, 0.25) is 5.02 Å². The van der Waals surface area contributed by atoms with Crippen LogP contribution in [0, 0.1) is 6.92 Å². The predicted octanol–water partition coefficient (Wildman–Crippen LogP) is 2.04. The number of anilines is 1. The first-order valence-corrected chi connectivity index (χ1v) is 5.64. The molecule has 1 aromatic rings. The molecular formula is C11H15ClN4. The smallest absolute Gasteiger partial charge is 0.210 e. The van der Waals surface area contributed by atoms with E-state index in [4.69, 9.17) is 17.4 Å². The van der Waals surface area contributed by atoms with Crippen LogP contribution >= 0.6 is 11.6 Å². The summed E-state index contributed by atoms with van der Waals surface area (Å²) in [5, 5.41) is 3.75. The van der Waals surface area contributed by atoms with Gasteiger partial charge in [0.2, 0.25) is 5.96 Å². The lowest BCUT2D eigenvalue weighted by Gasteiger charge is -2.11. The van der Waals surface area contributed by atoms with E-state index in [0.717, 1.165) is 24.1 Å². The van der Waals surface area contributed by atoms with E-state index in [-0.39, 0.29) is 0 Å². The largest absolute Gasteiger partial charge is 0.324 e. The highest BCUT2D eigenvalue weighted by Crippen LogP contribution is 2.25. The van der Waals surface area contributed by atoms with Gasteiger partial charge in [-0.3, -0.25) is 5.43 Å². The lowest BCUT2D eigenvalue weighted by Crippen LogP contribution is -2.36. The van der Waals surface area contributed by atoms with Crippen molar-refractivity contribution in [1.29, 1.82) is 0 Å². The first kappa shape index (κ1) is 11.2. The Hall–Kier alpha value is -1.26. The molecule has 0 amide bonds. The molecule has 0 aliphatic heterocycles. The number of aryl methyl sites for hydroxylation is 1. The first-order chi connectivity index (χ1) is 7.69. The van der Waals surface area contributed by atoms with Crippen molar-refractivity contribution < 1.29 is 0 Å². The fourth-order valence-corrected chi connectivity index (χ4v) is 1.52. The number of guanidine groups is 1. The Morgan fingerprint density at radius 3 is 2.88 bits per heavy atom. The van der Waals surface area contributed by atoms with E-state index in [1.807, 2.05) is 25.1 Å². The van der Waals surface area contributed by atoms with Crippen LogP contribution < -0.4 is 16.6 Å². The monoisotopic (exact) mass is 238 g/mol. The SMILES string of the molecule is Cc1ccc(Cl)c(NC(=NC2CC2)NN)c1. The van der Waals surface area contributed by atoms with Crippen LogP contribution in [0.1, 0.15) is 18.4 Å². The van der Waals surface area contributed by atoms with Crippen molar-refractivity contribution in [2.24, 2.45) is 10.8 Å². The Balaban J connectivity index is 2.14. The molecule has 1 fully saturated rings. The maximum absolute atomic E-state index is 6.06. The molecule has 0 saturated heterocycles. The summed E-state index contributed by atoms with van der Waals surface area (Å²) in [5.74, 6) is 5.96. The quantitative estimate of drug-likeness (QED) is 0.320. The van der Waals surface area contributed by atoms with Crippen LogP contribution in [-0.2, 0) is 0 Å². The second-order valence-corrected chi connectivity index (χ2v) is 4.37. The molecule has 0 radical (unpaired) electrons. The Morgan fingerprint density at radius 2 is 2.25 bits per heavy atom. The Labute approximate surface area is 99.9 Å². The number of nitrogens with one attached hydrogen (secondary N) is 2. The molecule has 0 heterocycles. The van der Waals surface area contributed by atoms with E-state index in [1.54, 1.807) is 0 Å². The number of hydrogen-bond acceptors (Lipinski definition) is 2. The van der Waals surface area contributed by atoms with Crippen molar-refractivity contribution in [1.82, 2.24) is 5.43 Å². The van der Waals surface area contributed by atoms with Crippen LogP contribution in [0.3, 0.4) is 0 Å². The number of hydrogen-bond donors (Lipinski definition) is 3. The number of rotatable bonds is 2. The molecular weight excluding hydrogens is 224 g/mol. The number of halogens is 1. The summed E-state index contributed by atoms with van der Waals surface area (Å²) in [5.41, 5.74) is 4.50. The summed E-state index contributed by atoms with van der Waals surface area (Å²) in [6, 6.07) is 6.18. The van der Waals surface area contributed by atoms with Crippen molar-refractivity contribution in [2.45, 2.75) is 25.8 Å². The third kappa shape index (κ3) is 2.87. The van der Waals surface area contributed by atoms with Crippen molar-refractivity contribution in [3.63, 3.8) is 0 Å². The molecule has 2 rings (SSSR count). The number of benzene rings is 1. The molecule has 1 aromatic carbocycles. The van der Waals surface area contributed by atoms with E-state index in [0.29, 0.717) is 17.0 Å². The molecule has 0 bridgehead atoms. The molecule has 1 aliphatic rings. The normalized spacial score (nSPS) is 16.1. The summed E-state index contributed by atoms with van der Waals surface area (Å²) in [6.07, 6.45) is 2.27. The maximum atomic E-state index is 6.06. The van der Waals surface area contributed by atoms with Gasteiger partial charge >= 0.3 is 0 Å². The number of aliphatic imine (C=N–C) groups is 1. The minimum Gasteiger partial charge on any atom is -0.324 e. The van der Waals surface area contributed by atoms with E-state index >= 15 is 0 Å². The predicted molar refractivity (Wildman–Crippen MR) is 67.6 cm³/mol. The lowest BCUT2D eigenvalue weighted by atomic mass is 10.2. The van der Waals surface area contributed by atoms with Crippen LogP contribution in [0.4, 0.5) is 5.69 Å². The van der Waals surface area contributed by atoms with Crippen molar-refractivity contribution in [3.8, 4) is 0 Å². The summed E-state index contributed by atoms with van der Waals surface area (Å²) in [7, 11) is 0. The molecule has 86 valence electrons. The second-order valence-electron chi connectivity index (χ2n) is 3.96. The summed E-state index contributed by atoms with van der Waals surface area (Å²) >= 11 is 6.06. The van der Waals surface area contributed by atoms with E-state index < -0.39 is 0 Å². The number of nitrogens with two attached hydrogens (primary N) is 1. The van der Waals surface area contributed by atoms with Gasteiger partial charge in [-0.25, -0.2) is 10.8 Å². The molecule has 5 heteroatoms. The van der Waals surface area contributed by atoms with Gasteiger partial charge in [0.15, 0.2) is 0 Å². The molecule has 0 spiro atoms. The Kier molecular flexibility index (Phi) is 3.31. The third-order valence-corrected chi connectivity index (χ3v) is 2.70. The molecule has 4 N–H and O–H groups in total. The Bertz CT molecular complexity index is 412. The highest BCUT2D eigenvalue weighted by molar-refractivity contribution is 6.33. The fourth-order valence-electron chi connectivity index (χ4n) is 1.35. The van der Waals surface area contributed by atoms with Gasteiger partial charge in [-0.15, -0.1) is 0 Å². The van der Waals surface area contributed by atoms with E-state index in [9.17, 15) is 0 Å². The van der Waals surface area contributed by atoms with Gasteiger partial charge in [0.05, 0.1) is 16.8 Å². The van der Waals surface area contributed by atoms with Crippen molar-refractivity contribution in [3.05, 3.63) is 28.8 Å². The minimum atomic E-state index is 0.405. The van der Waals surface area contributed by atoms with E-state index in [2.05, 4.69) is 15.7 Å². The van der Waals surface area contributed by atoms with Gasteiger partial charge in [0.1, 0.15) is 0 Å². The highest BCUT2D eigenvalue weighted by Gasteiger charge is 2.21. The van der Waals surface area contributed by atoms with E-state index in [1.165, 1.54) is 0 Å². The van der Waals surface area contributed by atoms with Crippen LogP contribution in [0.15, 0.2) is 23.2 Å². The van der Waals surface area contributed by atoms with Crippen LogP contribution in [0.5, 0.6) is 0 Å². The lowest BCUT2D eigenvalue weighted by molar-refractivity contribution is 0.966. The maximum Gasteiger partial charge on any atom is 0.210 e. The number of hydrazine groups is 1. The molecule has 0 unspecified atom stereocenters. The summed E-state index contributed by atoms with van der Waals surface area (Å²) in [6.45, 7) is 2.01. The average molecular weight is 239 g/mol. The van der Waals surface area contributed by atoms with Crippen molar-refractivity contribution >= 4 is 23.2 Å². The molecule has 0 atom stereocenters. The average Bonchev–Trinajstić information content (AvgIpc) is 3.06. The van der Waals surface area contributed by atoms with Crippen molar-refractivity contribution in [2.75, 3.05) is 5.32 Å². The zero-order chi connectivity index (χ0) is 11.5. The molecule has 1 saturated carbocycles. The molecule has 1 aliphatic carbocycles. The summed E-state index contributed by atoms with van der Waals surface area (Å²) in [4.78, 5) is 4.38. The molecule has 0 aromatic heterocycles. The molecule has 16 heavy (non-hydrogen) atoms. The van der Waals surface area contributed by atoms with Gasteiger partial charge in [-0.2, -0.15) is 0 Å². The first-order valence-electron chi connectivity index (χ1n) is 5.26. The topological polar surface area (TPSA) is 62.4 Å². The highest BCUT2D eigenvalue weighted by atomic mass is 35.5. The minimum absolute atomic E-state index is 0.405. The van der Waals surface area contributed by atoms with Crippen LogP contribution in [-0.4, -0.2) is 12.0 Å². The van der Waals surface area contributed by atoms with Gasteiger partial charge in [0, 0.05) is 0 Å². The second kappa shape index (κ2) is 4.72. The fraction of sp³-hybridized carbons (Fsp3) is 0.364. The molecule has 4 nitrogen and oxygen atoms in total. The zero-order valence-electron chi connectivity index (χ0n) is 9.13. The third-order valence-electron chi connectivity index (χ3n) is 2.37. The Morgan fingerprint density at radius 1 is 1.50 bits per heavy atom. The summed E-state index contributed by atoms with van der Waals surface area (Å²) < 4.78 is 0. The van der Waals surface area contributed by atoms with Gasteiger partial charge in [-0.1, -0.05) is 17.7 Å².